The monoisotopic (exact) mass is 217 g/mol. The molecule has 1 aromatic carbocycles. The van der Waals surface area contributed by atoms with Crippen molar-refractivity contribution in [2.24, 2.45) is 11.7 Å². The molecular weight excluding hydrogens is 194 g/mol. The Kier molecular flexibility index (Phi) is 3.34. The first-order valence-electron chi connectivity index (χ1n) is 6.47. The molecule has 2 rings (SSSR count). The smallest absolute Gasteiger partial charge is 0.0409 e. The van der Waals surface area contributed by atoms with Gasteiger partial charge in [0.1, 0.15) is 0 Å². The van der Waals surface area contributed by atoms with Crippen LogP contribution in [0.3, 0.4) is 0 Å². The second kappa shape index (κ2) is 4.58. The standard InChI is InChI=1S/C15H23N/c1-12-7-6-10-14(11-12)15(2,16)13-8-4-3-5-9-13/h6-7,10-11,13H,3-5,8-9,16H2,1-2H3. The van der Waals surface area contributed by atoms with Crippen LogP contribution in [0, 0.1) is 12.8 Å². The molecule has 1 saturated carbocycles. The van der Waals surface area contributed by atoms with Crippen LogP contribution < -0.4 is 5.73 Å². The van der Waals surface area contributed by atoms with Gasteiger partial charge in [-0.1, -0.05) is 49.1 Å². The van der Waals surface area contributed by atoms with Crippen molar-refractivity contribution in [2.45, 2.75) is 51.5 Å². The predicted octanol–water partition coefficient (Wildman–Crippen LogP) is 3.75. The molecule has 0 aliphatic heterocycles. The number of hydrogen-bond acceptors (Lipinski definition) is 1. The van der Waals surface area contributed by atoms with Crippen molar-refractivity contribution in [2.75, 3.05) is 0 Å². The zero-order valence-corrected chi connectivity index (χ0v) is 10.5. The van der Waals surface area contributed by atoms with Crippen molar-refractivity contribution in [3.05, 3.63) is 35.4 Å². The fourth-order valence-electron chi connectivity index (χ4n) is 2.92. The fourth-order valence-corrected chi connectivity index (χ4v) is 2.92. The van der Waals surface area contributed by atoms with Crippen molar-refractivity contribution in [3.63, 3.8) is 0 Å². The van der Waals surface area contributed by atoms with Crippen LogP contribution in [-0.4, -0.2) is 0 Å². The molecule has 1 aromatic rings. The highest BCUT2D eigenvalue weighted by Crippen LogP contribution is 2.37. The van der Waals surface area contributed by atoms with Crippen molar-refractivity contribution < 1.29 is 0 Å². The van der Waals surface area contributed by atoms with Crippen LogP contribution >= 0.6 is 0 Å². The molecule has 0 saturated heterocycles. The number of aryl methyl sites for hydroxylation is 1. The molecule has 16 heavy (non-hydrogen) atoms. The maximum Gasteiger partial charge on any atom is 0.0409 e. The third-order valence-corrected chi connectivity index (χ3v) is 4.09. The largest absolute Gasteiger partial charge is 0.321 e. The van der Waals surface area contributed by atoms with Gasteiger partial charge in [0, 0.05) is 5.54 Å². The van der Waals surface area contributed by atoms with E-state index < -0.39 is 0 Å². The van der Waals surface area contributed by atoms with Crippen LogP contribution in [0.1, 0.15) is 50.2 Å². The first kappa shape index (κ1) is 11.7. The summed E-state index contributed by atoms with van der Waals surface area (Å²) in [5.41, 5.74) is 9.05. The van der Waals surface area contributed by atoms with Crippen LogP contribution in [0.25, 0.3) is 0 Å². The van der Waals surface area contributed by atoms with Gasteiger partial charge in [0.05, 0.1) is 0 Å². The summed E-state index contributed by atoms with van der Waals surface area (Å²) >= 11 is 0. The molecule has 88 valence electrons. The highest BCUT2D eigenvalue weighted by Gasteiger charge is 2.32. The van der Waals surface area contributed by atoms with Crippen molar-refractivity contribution in [1.82, 2.24) is 0 Å². The Morgan fingerprint density at radius 1 is 1.19 bits per heavy atom. The molecule has 1 aliphatic rings. The van der Waals surface area contributed by atoms with Crippen molar-refractivity contribution in [1.29, 1.82) is 0 Å². The Balaban J connectivity index is 2.22. The third-order valence-electron chi connectivity index (χ3n) is 4.09. The Morgan fingerprint density at radius 3 is 2.50 bits per heavy atom. The van der Waals surface area contributed by atoms with E-state index in [-0.39, 0.29) is 5.54 Å². The number of benzene rings is 1. The average Bonchev–Trinajstić information content (AvgIpc) is 2.30. The lowest BCUT2D eigenvalue weighted by molar-refractivity contribution is 0.224. The fraction of sp³-hybridized carbons (Fsp3) is 0.600. The molecule has 0 radical (unpaired) electrons. The molecule has 0 aromatic heterocycles. The van der Waals surface area contributed by atoms with E-state index in [0.29, 0.717) is 5.92 Å². The van der Waals surface area contributed by atoms with Gasteiger partial charge in [-0.25, -0.2) is 0 Å². The molecule has 1 heteroatoms. The Hall–Kier alpha value is -0.820. The quantitative estimate of drug-likeness (QED) is 0.802. The Labute approximate surface area is 99.0 Å². The maximum absolute atomic E-state index is 6.58. The number of rotatable bonds is 2. The van der Waals surface area contributed by atoms with Gasteiger partial charge in [0.15, 0.2) is 0 Å². The van der Waals surface area contributed by atoms with Gasteiger partial charge in [-0.15, -0.1) is 0 Å². The minimum Gasteiger partial charge on any atom is -0.321 e. The van der Waals surface area contributed by atoms with E-state index in [2.05, 4.69) is 38.1 Å². The molecule has 1 fully saturated rings. The first-order chi connectivity index (χ1) is 7.60. The first-order valence-corrected chi connectivity index (χ1v) is 6.47. The van der Waals surface area contributed by atoms with Crippen molar-refractivity contribution in [3.8, 4) is 0 Å². The summed E-state index contributed by atoms with van der Waals surface area (Å²) in [6.45, 7) is 4.35. The summed E-state index contributed by atoms with van der Waals surface area (Å²) < 4.78 is 0. The molecule has 1 unspecified atom stereocenters. The van der Waals surface area contributed by atoms with Crippen LogP contribution in [-0.2, 0) is 5.54 Å². The minimum absolute atomic E-state index is 0.146. The van der Waals surface area contributed by atoms with Crippen LogP contribution in [0.2, 0.25) is 0 Å². The van der Waals surface area contributed by atoms with E-state index in [1.807, 2.05) is 0 Å². The highest BCUT2D eigenvalue weighted by atomic mass is 14.7. The summed E-state index contributed by atoms with van der Waals surface area (Å²) in [6, 6.07) is 8.69. The molecule has 0 spiro atoms. The molecule has 2 N–H and O–H groups in total. The molecular formula is C15H23N. The normalized spacial score (nSPS) is 21.7. The second-order valence-corrected chi connectivity index (χ2v) is 5.49. The van der Waals surface area contributed by atoms with Gasteiger partial charge in [0.25, 0.3) is 0 Å². The molecule has 0 amide bonds. The molecule has 1 atom stereocenters. The van der Waals surface area contributed by atoms with Crippen molar-refractivity contribution >= 4 is 0 Å². The van der Waals surface area contributed by atoms with E-state index in [1.165, 1.54) is 43.2 Å². The van der Waals surface area contributed by atoms with E-state index in [0.717, 1.165) is 0 Å². The third kappa shape index (κ3) is 2.30. The lowest BCUT2D eigenvalue weighted by Crippen LogP contribution is -2.42. The van der Waals surface area contributed by atoms with E-state index in [9.17, 15) is 0 Å². The summed E-state index contributed by atoms with van der Waals surface area (Å²) in [5.74, 6) is 0.656. The number of nitrogens with two attached hydrogens (primary N) is 1. The van der Waals surface area contributed by atoms with E-state index in [4.69, 9.17) is 5.73 Å². The average molecular weight is 217 g/mol. The zero-order chi connectivity index (χ0) is 11.6. The summed E-state index contributed by atoms with van der Waals surface area (Å²) in [6.07, 6.45) is 6.68. The predicted molar refractivity (Wildman–Crippen MR) is 69.3 cm³/mol. The topological polar surface area (TPSA) is 26.0 Å². The number of hydrogen-bond donors (Lipinski definition) is 1. The van der Waals surface area contributed by atoms with Gasteiger partial charge >= 0.3 is 0 Å². The lowest BCUT2D eigenvalue weighted by Gasteiger charge is -2.37. The minimum atomic E-state index is -0.146. The lowest BCUT2D eigenvalue weighted by atomic mass is 9.72. The van der Waals surface area contributed by atoms with E-state index >= 15 is 0 Å². The maximum atomic E-state index is 6.58. The zero-order valence-electron chi connectivity index (χ0n) is 10.5. The van der Waals surface area contributed by atoms with Gasteiger partial charge in [-0.2, -0.15) is 0 Å². The molecule has 0 heterocycles. The van der Waals surface area contributed by atoms with Crippen LogP contribution in [0.4, 0.5) is 0 Å². The van der Waals surface area contributed by atoms with Crippen LogP contribution in [0.5, 0.6) is 0 Å². The second-order valence-electron chi connectivity index (χ2n) is 5.49. The van der Waals surface area contributed by atoms with Gasteiger partial charge in [-0.3, -0.25) is 0 Å². The van der Waals surface area contributed by atoms with E-state index in [1.54, 1.807) is 0 Å². The SMILES string of the molecule is Cc1cccc(C(C)(N)C2CCCCC2)c1. The summed E-state index contributed by atoms with van der Waals surface area (Å²) in [5, 5.41) is 0. The summed E-state index contributed by atoms with van der Waals surface area (Å²) in [7, 11) is 0. The summed E-state index contributed by atoms with van der Waals surface area (Å²) in [4.78, 5) is 0. The highest BCUT2D eigenvalue weighted by molar-refractivity contribution is 5.28. The molecule has 0 bridgehead atoms. The van der Waals surface area contributed by atoms with Crippen LogP contribution in [0.15, 0.2) is 24.3 Å². The van der Waals surface area contributed by atoms with Gasteiger partial charge < -0.3 is 5.73 Å². The molecule has 1 nitrogen and oxygen atoms in total. The van der Waals surface area contributed by atoms with Gasteiger partial charge in [-0.05, 0) is 38.2 Å². The Bertz CT molecular complexity index is 348. The van der Waals surface area contributed by atoms with Gasteiger partial charge in [0.2, 0.25) is 0 Å². The molecule has 1 aliphatic carbocycles. The Morgan fingerprint density at radius 2 is 1.88 bits per heavy atom.